The number of ether oxygens (including phenoxy) is 3. The summed E-state index contributed by atoms with van der Waals surface area (Å²) in [5, 5.41) is 0.649. The second-order valence-electron chi connectivity index (χ2n) is 4.14. The van der Waals surface area contributed by atoms with Gasteiger partial charge in [0.05, 0.1) is 21.2 Å². The Morgan fingerprint density at radius 3 is 2.14 bits per heavy atom. The van der Waals surface area contributed by atoms with Crippen molar-refractivity contribution in [3.8, 4) is 0 Å². The molecule has 0 spiro atoms. The molecule has 0 saturated heterocycles. The predicted octanol–water partition coefficient (Wildman–Crippen LogP) is 3.04. The van der Waals surface area contributed by atoms with Gasteiger partial charge in [-0.25, -0.2) is 4.79 Å². The molecule has 0 aliphatic carbocycles. The van der Waals surface area contributed by atoms with Gasteiger partial charge >= 0.3 is 11.9 Å². The highest BCUT2D eigenvalue weighted by atomic mass is 35.5. The fourth-order valence-corrected chi connectivity index (χ4v) is 2.09. The molecule has 0 aliphatic rings. The van der Waals surface area contributed by atoms with Gasteiger partial charge in [0.15, 0.2) is 0 Å². The number of esters is 1. The molecular formula is C14H12Cl2N2O4. The zero-order chi connectivity index (χ0) is 16.2. The molecule has 0 fully saturated rings. The highest BCUT2D eigenvalue weighted by Gasteiger charge is 2.38. The lowest BCUT2D eigenvalue weighted by Gasteiger charge is -2.29. The van der Waals surface area contributed by atoms with E-state index in [1.165, 1.54) is 51.1 Å². The number of aromatic nitrogens is 2. The Kier molecular flexibility index (Phi) is 5.31. The highest BCUT2D eigenvalue weighted by Crippen LogP contribution is 2.30. The van der Waals surface area contributed by atoms with Crippen molar-refractivity contribution in [3.63, 3.8) is 0 Å². The third-order valence-corrected chi connectivity index (χ3v) is 3.18. The van der Waals surface area contributed by atoms with Gasteiger partial charge in [-0.05, 0) is 12.1 Å². The van der Waals surface area contributed by atoms with Crippen LogP contribution in [0.15, 0.2) is 36.9 Å². The van der Waals surface area contributed by atoms with E-state index in [2.05, 4.69) is 9.97 Å². The maximum Gasteiger partial charge on any atom is 0.359 e. The molecule has 0 radical (unpaired) electrons. The number of carbonyl (C=O) groups is 1. The Hall–Kier alpha value is -1.73. The van der Waals surface area contributed by atoms with Crippen LogP contribution in [-0.4, -0.2) is 30.2 Å². The highest BCUT2D eigenvalue weighted by molar-refractivity contribution is 6.31. The minimum absolute atomic E-state index is 0.154. The molecule has 116 valence electrons. The number of methoxy groups -OCH3 is 2. The third kappa shape index (κ3) is 3.53. The molecule has 0 saturated carbocycles. The SMILES string of the molecule is COC(OC)(OC(=O)c1cncc(Cl)c1)c1cncc(Cl)c1. The van der Waals surface area contributed by atoms with E-state index in [4.69, 9.17) is 37.4 Å². The van der Waals surface area contributed by atoms with Crippen molar-refractivity contribution in [3.05, 3.63) is 58.1 Å². The fraction of sp³-hybridized carbons (Fsp3) is 0.214. The molecule has 2 aromatic heterocycles. The first-order valence-corrected chi connectivity index (χ1v) is 6.81. The molecule has 0 bridgehead atoms. The summed E-state index contributed by atoms with van der Waals surface area (Å²) in [5.74, 6) is -2.50. The van der Waals surface area contributed by atoms with E-state index in [-0.39, 0.29) is 5.56 Å². The van der Waals surface area contributed by atoms with Crippen LogP contribution in [0, 0.1) is 0 Å². The summed E-state index contributed by atoms with van der Waals surface area (Å²) in [6, 6.07) is 2.94. The number of pyridine rings is 2. The molecule has 6 nitrogen and oxygen atoms in total. The van der Waals surface area contributed by atoms with Crippen LogP contribution in [0.1, 0.15) is 15.9 Å². The van der Waals surface area contributed by atoms with Crippen molar-refractivity contribution in [2.24, 2.45) is 0 Å². The predicted molar refractivity (Wildman–Crippen MR) is 79.6 cm³/mol. The van der Waals surface area contributed by atoms with E-state index in [1.807, 2.05) is 0 Å². The number of hydrogen-bond donors (Lipinski definition) is 0. The van der Waals surface area contributed by atoms with E-state index in [0.717, 1.165) is 0 Å². The quantitative estimate of drug-likeness (QED) is 0.614. The molecule has 0 aliphatic heterocycles. The average Bonchev–Trinajstić information content (AvgIpc) is 2.52. The molecule has 2 aromatic rings. The van der Waals surface area contributed by atoms with E-state index >= 15 is 0 Å². The first-order chi connectivity index (χ1) is 10.5. The molecule has 2 heterocycles. The Labute approximate surface area is 136 Å². The van der Waals surface area contributed by atoms with Gasteiger partial charge in [-0.1, -0.05) is 23.2 Å². The normalized spacial score (nSPS) is 11.3. The summed E-state index contributed by atoms with van der Waals surface area (Å²) in [7, 11) is 2.65. The fourth-order valence-electron chi connectivity index (χ4n) is 1.75. The van der Waals surface area contributed by atoms with Crippen LogP contribution < -0.4 is 0 Å². The van der Waals surface area contributed by atoms with Crippen LogP contribution in [0.4, 0.5) is 0 Å². The van der Waals surface area contributed by atoms with E-state index in [0.29, 0.717) is 15.6 Å². The maximum atomic E-state index is 12.3. The Morgan fingerprint density at radius 2 is 1.59 bits per heavy atom. The summed E-state index contributed by atoms with van der Waals surface area (Å²) < 4.78 is 15.8. The van der Waals surface area contributed by atoms with Gasteiger partial charge in [0.2, 0.25) is 0 Å². The molecule has 22 heavy (non-hydrogen) atoms. The number of nitrogens with zero attached hydrogens (tertiary/aromatic N) is 2. The molecule has 0 N–H and O–H groups in total. The molecule has 2 rings (SSSR count). The number of halogens is 2. The van der Waals surface area contributed by atoms with Crippen LogP contribution in [0.5, 0.6) is 0 Å². The summed E-state index contributed by atoms with van der Waals surface area (Å²) in [6.45, 7) is 0. The van der Waals surface area contributed by atoms with Gasteiger partial charge < -0.3 is 14.2 Å². The first kappa shape index (κ1) is 16.6. The van der Waals surface area contributed by atoms with Gasteiger partial charge in [0.25, 0.3) is 0 Å². The summed E-state index contributed by atoms with van der Waals surface area (Å²) in [6.07, 6.45) is 5.58. The van der Waals surface area contributed by atoms with Crippen LogP contribution in [0.25, 0.3) is 0 Å². The zero-order valence-corrected chi connectivity index (χ0v) is 13.3. The van der Waals surface area contributed by atoms with Gasteiger partial charge in [0.1, 0.15) is 0 Å². The van der Waals surface area contributed by atoms with E-state index in [1.54, 1.807) is 0 Å². The molecule has 0 unspecified atom stereocenters. The van der Waals surface area contributed by atoms with Crippen LogP contribution in [0.2, 0.25) is 10.0 Å². The zero-order valence-electron chi connectivity index (χ0n) is 11.7. The third-order valence-electron chi connectivity index (χ3n) is 2.76. The second kappa shape index (κ2) is 7.02. The first-order valence-electron chi connectivity index (χ1n) is 6.06. The molecule has 8 heteroatoms. The van der Waals surface area contributed by atoms with Crippen molar-refractivity contribution in [2.75, 3.05) is 14.2 Å². The molecule has 0 atom stereocenters. The smallest absolute Gasteiger partial charge is 0.359 e. The number of rotatable bonds is 5. The number of carbonyl (C=O) groups excluding carboxylic acids is 1. The Balaban J connectivity index is 2.34. The molecule has 0 aromatic carbocycles. The van der Waals surface area contributed by atoms with Crippen LogP contribution in [-0.2, 0) is 20.2 Å². The standard InChI is InChI=1S/C14H12Cl2N2O4/c1-20-14(21-2,10-4-12(16)8-18-6-10)22-13(19)9-3-11(15)7-17-5-9/h3-8H,1-2H3. The van der Waals surface area contributed by atoms with E-state index < -0.39 is 11.9 Å². The lowest BCUT2D eigenvalue weighted by atomic mass is 10.2. The monoisotopic (exact) mass is 342 g/mol. The Morgan fingerprint density at radius 1 is 1.00 bits per heavy atom. The van der Waals surface area contributed by atoms with Crippen LogP contribution in [0.3, 0.4) is 0 Å². The lowest BCUT2D eigenvalue weighted by Crippen LogP contribution is -2.36. The van der Waals surface area contributed by atoms with Gasteiger partial charge in [-0.2, -0.15) is 0 Å². The average molecular weight is 343 g/mol. The second-order valence-corrected chi connectivity index (χ2v) is 5.01. The molecular weight excluding hydrogens is 331 g/mol. The lowest BCUT2D eigenvalue weighted by molar-refractivity contribution is -0.347. The van der Waals surface area contributed by atoms with E-state index in [9.17, 15) is 4.79 Å². The van der Waals surface area contributed by atoms with Crippen molar-refractivity contribution in [2.45, 2.75) is 5.97 Å². The minimum atomic E-state index is -1.78. The van der Waals surface area contributed by atoms with Gasteiger partial charge in [-0.3, -0.25) is 9.97 Å². The summed E-state index contributed by atoms with van der Waals surface area (Å²) in [4.78, 5) is 20.0. The van der Waals surface area contributed by atoms with Gasteiger partial charge in [-0.15, -0.1) is 0 Å². The topological polar surface area (TPSA) is 70.5 Å². The van der Waals surface area contributed by atoms with Crippen LogP contribution >= 0.6 is 23.2 Å². The summed E-state index contributed by atoms with van der Waals surface area (Å²) in [5.41, 5.74) is 0.481. The largest absolute Gasteiger partial charge is 0.400 e. The van der Waals surface area contributed by atoms with Crippen molar-refractivity contribution in [1.82, 2.24) is 9.97 Å². The molecule has 0 amide bonds. The van der Waals surface area contributed by atoms with Crippen molar-refractivity contribution in [1.29, 1.82) is 0 Å². The Bertz CT molecular complexity index is 677. The minimum Gasteiger partial charge on any atom is -0.400 e. The maximum absolute atomic E-state index is 12.3. The van der Waals surface area contributed by atoms with Crippen molar-refractivity contribution < 1.29 is 19.0 Å². The van der Waals surface area contributed by atoms with Gasteiger partial charge in [0, 0.05) is 39.0 Å². The van der Waals surface area contributed by atoms with Crippen molar-refractivity contribution >= 4 is 29.2 Å². The summed E-state index contributed by atoms with van der Waals surface area (Å²) >= 11 is 11.7. The number of hydrogen-bond acceptors (Lipinski definition) is 6.